The molecule has 2 aromatic carbocycles. The van der Waals surface area contributed by atoms with Crippen molar-refractivity contribution >= 4 is 38.4 Å². The third kappa shape index (κ3) is 3.70. The third-order valence-electron chi connectivity index (χ3n) is 5.34. The molecule has 0 aliphatic carbocycles. The van der Waals surface area contributed by atoms with Gasteiger partial charge in [-0.1, -0.05) is 23.7 Å². The molecule has 1 saturated heterocycles. The molecule has 0 bridgehead atoms. The fourth-order valence-corrected chi connectivity index (χ4v) is 4.68. The fourth-order valence-electron chi connectivity index (χ4n) is 3.83. The molecule has 1 aromatic heterocycles. The molecule has 1 aliphatic heterocycles. The number of rotatable bonds is 3. The number of piperidine rings is 1. The molecular weight excluding hydrogens is 414 g/mol. The maximum atomic E-state index is 12.9. The Hall–Kier alpha value is -2.58. The first-order valence-corrected chi connectivity index (χ1v) is 11.5. The number of para-hydroxylation sites is 2. The van der Waals surface area contributed by atoms with Crippen LogP contribution in [0.5, 0.6) is 0 Å². The molecular formula is C20H20ClN3O4S. The standard InChI is InChI=1S/C20H20ClN3O4S/c1-29(27,28)14-6-7-16(21)15(12-14)19(25)23-10-8-13(9-11-23)24-18-5-3-2-4-17(18)22-20(24)26/h2-7,12-13H,8-11H2,1H3,(H,22,26). The van der Waals surface area contributed by atoms with Crippen LogP contribution in [-0.4, -0.2) is 48.1 Å². The number of benzene rings is 2. The number of nitrogens with one attached hydrogen (secondary N) is 1. The van der Waals surface area contributed by atoms with Crippen LogP contribution < -0.4 is 5.69 Å². The van der Waals surface area contributed by atoms with Crippen molar-refractivity contribution in [2.75, 3.05) is 19.3 Å². The molecule has 4 rings (SSSR count). The molecule has 9 heteroatoms. The highest BCUT2D eigenvalue weighted by Gasteiger charge is 2.28. The van der Waals surface area contributed by atoms with Crippen molar-refractivity contribution < 1.29 is 13.2 Å². The highest BCUT2D eigenvalue weighted by molar-refractivity contribution is 7.90. The summed E-state index contributed by atoms with van der Waals surface area (Å²) < 4.78 is 25.4. The van der Waals surface area contributed by atoms with Gasteiger partial charge in [0.15, 0.2) is 9.84 Å². The molecule has 0 saturated carbocycles. The Morgan fingerprint density at radius 3 is 2.52 bits per heavy atom. The van der Waals surface area contributed by atoms with Gasteiger partial charge in [-0.05, 0) is 43.2 Å². The van der Waals surface area contributed by atoms with Crippen LogP contribution in [0.15, 0.2) is 52.2 Å². The Labute approximate surface area is 172 Å². The van der Waals surface area contributed by atoms with E-state index in [9.17, 15) is 18.0 Å². The van der Waals surface area contributed by atoms with Gasteiger partial charge in [0, 0.05) is 25.4 Å². The second-order valence-corrected chi connectivity index (χ2v) is 9.68. The van der Waals surface area contributed by atoms with E-state index >= 15 is 0 Å². The molecule has 0 radical (unpaired) electrons. The summed E-state index contributed by atoms with van der Waals surface area (Å²) in [7, 11) is -3.44. The Bertz CT molecular complexity index is 1250. The average molecular weight is 434 g/mol. The van der Waals surface area contributed by atoms with E-state index < -0.39 is 9.84 Å². The lowest BCUT2D eigenvalue weighted by atomic mass is 10.0. The van der Waals surface area contributed by atoms with E-state index in [-0.39, 0.29) is 33.1 Å². The van der Waals surface area contributed by atoms with Crippen molar-refractivity contribution in [1.82, 2.24) is 14.5 Å². The van der Waals surface area contributed by atoms with Gasteiger partial charge in [0.25, 0.3) is 5.91 Å². The summed E-state index contributed by atoms with van der Waals surface area (Å²) in [5.74, 6) is -0.301. The summed E-state index contributed by atoms with van der Waals surface area (Å²) in [5, 5.41) is 0.220. The van der Waals surface area contributed by atoms with Gasteiger partial charge in [0.1, 0.15) is 0 Å². The van der Waals surface area contributed by atoms with Crippen LogP contribution in [0.2, 0.25) is 5.02 Å². The highest BCUT2D eigenvalue weighted by Crippen LogP contribution is 2.28. The molecule has 1 fully saturated rings. The smallest absolute Gasteiger partial charge is 0.326 e. The van der Waals surface area contributed by atoms with Crippen molar-refractivity contribution in [1.29, 1.82) is 0 Å². The number of nitrogens with zero attached hydrogens (tertiary/aromatic N) is 2. The molecule has 152 valence electrons. The highest BCUT2D eigenvalue weighted by atomic mass is 35.5. The molecule has 2 heterocycles. The molecule has 29 heavy (non-hydrogen) atoms. The molecule has 1 aliphatic rings. The summed E-state index contributed by atoms with van der Waals surface area (Å²) in [5.41, 5.74) is 1.67. The van der Waals surface area contributed by atoms with Crippen LogP contribution in [-0.2, 0) is 9.84 Å². The van der Waals surface area contributed by atoms with Gasteiger partial charge >= 0.3 is 5.69 Å². The number of likely N-dealkylation sites (tertiary alicyclic amines) is 1. The maximum absolute atomic E-state index is 12.9. The summed E-state index contributed by atoms with van der Waals surface area (Å²) in [6, 6.07) is 11.7. The van der Waals surface area contributed by atoms with Crippen LogP contribution in [0.25, 0.3) is 11.0 Å². The van der Waals surface area contributed by atoms with E-state index in [1.807, 2.05) is 24.3 Å². The number of aromatic amines is 1. The Balaban J connectivity index is 1.55. The first-order chi connectivity index (χ1) is 13.8. The van der Waals surface area contributed by atoms with Gasteiger partial charge in [0.2, 0.25) is 0 Å². The van der Waals surface area contributed by atoms with Crippen molar-refractivity contribution in [3.05, 3.63) is 63.5 Å². The number of hydrogen-bond donors (Lipinski definition) is 1. The number of sulfone groups is 1. The summed E-state index contributed by atoms with van der Waals surface area (Å²) in [6.45, 7) is 0.907. The van der Waals surface area contributed by atoms with Crippen molar-refractivity contribution in [2.45, 2.75) is 23.8 Å². The zero-order valence-corrected chi connectivity index (χ0v) is 17.3. The fraction of sp³-hybridized carbons (Fsp3) is 0.300. The number of imidazole rings is 1. The molecule has 0 unspecified atom stereocenters. The third-order valence-corrected chi connectivity index (χ3v) is 6.78. The van der Waals surface area contributed by atoms with Gasteiger partial charge in [-0.15, -0.1) is 0 Å². The number of aromatic nitrogens is 2. The van der Waals surface area contributed by atoms with Gasteiger partial charge in [-0.25, -0.2) is 13.2 Å². The molecule has 3 aromatic rings. The van der Waals surface area contributed by atoms with E-state index in [2.05, 4.69) is 4.98 Å². The number of fused-ring (bicyclic) bond motifs is 1. The lowest BCUT2D eigenvalue weighted by Gasteiger charge is -2.32. The van der Waals surface area contributed by atoms with Crippen molar-refractivity contribution in [3.63, 3.8) is 0 Å². The van der Waals surface area contributed by atoms with E-state index in [1.165, 1.54) is 18.2 Å². The largest absolute Gasteiger partial charge is 0.338 e. The summed E-state index contributed by atoms with van der Waals surface area (Å²) in [4.78, 5) is 29.9. The lowest BCUT2D eigenvalue weighted by Crippen LogP contribution is -2.40. The molecule has 1 amide bonds. The minimum absolute atomic E-state index is 0.0134. The Kier molecular flexibility index (Phi) is 5.00. The minimum atomic E-state index is -3.44. The van der Waals surface area contributed by atoms with Gasteiger partial charge in [0.05, 0.1) is 26.5 Å². The quantitative estimate of drug-likeness (QED) is 0.687. The second kappa shape index (κ2) is 7.35. The number of H-pyrrole nitrogens is 1. The Morgan fingerprint density at radius 1 is 1.14 bits per heavy atom. The predicted octanol–water partition coefficient (Wildman–Crippen LogP) is 2.86. The summed E-state index contributed by atoms with van der Waals surface area (Å²) >= 11 is 6.16. The van der Waals surface area contributed by atoms with Gasteiger partial charge < -0.3 is 9.88 Å². The Morgan fingerprint density at radius 2 is 1.83 bits per heavy atom. The minimum Gasteiger partial charge on any atom is -0.338 e. The zero-order chi connectivity index (χ0) is 20.8. The molecule has 1 N–H and O–H groups in total. The van der Waals surface area contributed by atoms with Crippen LogP contribution >= 0.6 is 11.6 Å². The first kappa shape index (κ1) is 19.7. The average Bonchev–Trinajstić information content (AvgIpc) is 3.02. The normalized spacial score (nSPS) is 15.7. The SMILES string of the molecule is CS(=O)(=O)c1ccc(Cl)c(C(=O)N2CCC(n3c(=O)[nH]c4ccccc43)CC2)c1. The van der Waals surface area contributed by atoms with E-state index in [1.54, 1.807) is 9.47 Å². The molecule has 0 spiro atoms. The van der Waals surface area contributed by atoms with E-state index in [4.69, 9.17) is 11.6 Å². The maximum Gasteiger partial charge on any atom is 0.326 e. The first-order valence-electron chi connectivity index (χ1n) is 9.24. The second-order valence-electron chi connectivity index (χ2n) is 7.25. The molecule has 7 nitrogen and oxygen atoms in total. The van der Waals surface area contributed by atoms with Crippen LogP contribution in [0, 0.1) is 0 Å². The lowest BCUT2D eigenvalue weighted by molar-refractivity contribution is 0.0695. The monoisotopic (exact) mass is 433 g/mol. The summed E-state index contributed by atoms with van der Waals surface area (Å²) in [6.07, 6.45) is 2.34. The van der Waals surface area contributed by atoms with Crippen molar-refractivity contribution in [3.8, 4) is 0 Å². The molecule has 0 atom stereocenters. The van der Waals surface area contributed by atoms with Gasteiger partial charge in [-0.2, -0.15) is 0 Å². The zero-order valence-electron chi connectivity index (χ0n) is 15.8. The van der Waals surface area contributed by atoms with Crippen molar-refractivity contribution in [2.24, 2.45) is 0 Å². The van der Waals surface area contributed by atoms with E-state index in [0.29, 0.717) is 25.9 Å². The predicted molar refractivity (Wildman–Crippen MR) is 111 cm³/mol. The number of carbonyl (C=O) groups excluding carboxylic acids is 1. The number of halogens is 1. The van der Waals surface area contributed by atoms with E-state index in [0.717, 1.165) is 17.3 Å². The van der Waals surface area contributed by atoms with Crippen LogP contribution in [0.4, 0.5) is 0 Å². The van der Waals surface area contributed by atoms with Crippen LogP contribution in [0.3, 0.4) is 0 Å². The van der Waals surface area contributed by atoms with Gasteiger partial charge in [-0.3, -0.25) is 9.36 Å². The number of carbonyl (C=O) groups is 1. The number of amides is 1. The number of hydrogen-bond acceptors (Lipinski definition) is 4. The topological polar surface area (TPSA) is 92.2 Å². The van der Waals surface area contributed by atoms with Crippen LogP contribution in [0.1, 0.15) is 29.2 Å².